The van der Waals surface area contributed by atoms with Crippen LogP contribution in [0.2, 0.25) is 0 Å². The molecule has 3 rings (SSSR count). The van der Waals surface area contributed by atoms with E-state index >= 15 is 0 Å². The van der Waals surface area contributed by atoms with Crippen molar-refractivity contribution in [1.29, 1.82) is 0 Å². The molecule has 2 heterocycles. The average Bonchev–Trinajstić information content (AvgIpc) is 3.01. The first kappa shape index (κ1) is 16.2. The lowest BCUT2D eigenvalue weighted by atomic mass is 10.0. The summed E-state index contributed by atoms with van der Waals surface area (Å²) < 4.78 is 11.7. The zero-order valence-corrected chi connectivity index (χ0v) is 13.7. The van der Waals surface area contributed by atoms with Crippen molar-refractivity contribution in [1.82, 2.24) is 4.57 Å². The van der Waals surface area contributed by atoms with Gasteiger partial charge in [0.2, 0.25) is 0 Å². The highest BCUT2D eigenvalue weighted by Gasteiger charge is 2.35. The topological polar surface area (TPSA) is 74.6 Å². The van der Waals surface area contributed by atoms with Crippen LogP contribution in [0.15, 0.2) is 29.1 Å². The molecular formula is C18H19NO5. The zero-order valence-electron chi connectivity index (χ0n) is 13.7. The zero-order chi connectivity index (χ0) is 17.3. The number of aromatic nitrogens is 1. The highest BCUT2D eigenvalue weighted by Crippen LogP contribution is 2.31. The van der Waals surface area contributed by atoms with Gasteiger partial charge in [-0.05, 0) is 32.8 Å². The summed E-state index contributed by atoms with van der Waals surface area (Å²) in [5.41, 5.74) is 0.651. The number of benzene rings is 1. The molecule has 2 aromatic rings. The lowest BCUT2D eigenvalue weighted by molar-refractivity contribution is -0.147. The second-order valence-electron chi connectivity index (χ2n) is 5.57. The molecule has 1 aliphatic rings. The molecule has 6 heteroatoms. The summed E-state index contributed by atoms with van der Waals surface area (Å²) in [5.74, 6) is -0.912. The predicted octanol–water partition coefficient (Wildman–Crippen LogP) is 2.23. The molecular weight excluding hydrogens is 310 g/mol. The molecule has 1 aromatic carbocycles. The molecule has 1 aromatic heterocycles. The molecule has 0 bridgehead atoms. The van der Waals surface area contributed by atoms with Crippen LogP contribution in [0.25, 0.3) is 10.8 Å². The Balaban J connectivity index is 2.28. The lowest BCUT2D eigenvalue weighted by Crippen LogP contribution is -2.30. The fourth-order valence-electron chi connectivity index (χ4n) is 3.29. The van der Waals surface area contributed by atoms with Gasteiger partial charge in [0.25, 0.3) is 5.56 Å². The van der Waals surface area contributed by atoms with Crippen LogP contribution >= 0.6 is 0 Å². The summed E-state index contributed by atoms with van der Waals surface area (Å²) in [7, 11) is 0. The van der Waals surface area contributed by atoms with Crippen LogP contribution in [0.1, 0.15) is 42.4 Å². The minimum Gasteiger partial charge on any atom is -0.464 e. The van der Waals surface area contributed by atoms with E-state index in [0.717, 1.165) is 0 Å². The average molecular weight is 329 g/mol. The van der Waals surface area contributed by atoms with Crippen molar-refractivity contribution >= 4 is 22.7 Å². The standard InChI is InChI=1S/C18H19NO5/c1-3-23-17(21)14-10-9-13-15(18(22)24-4-2)11-7-5-6-8-12(11)16(20)19(13)14/h5-8,14H,3-4,9-10H2,1-2H3/t14-/m0/s1. The van der Waals surface area contributed by atoms with E-state index in [9.17, 15) is 14.4 Å². The Labute approximate surface area is 139 Å². The fourth-order valence-corrected chi connectivity index (χ4v) is 3.29. The Morgan fingerprint density at radius 1 is 1.12 bits per heavy atom. The van der Waals surface area contributed by atoms with Gasteiger partial charge >= 0.3 is 11.9 Å². The Morgan fingerprint density at radius 3 is 2.46 bits per heavy atom. The Hall–Kier alpha value is -2.63. The summed E-state index contributed by atoms with van der Waals surface area (Å²) in [6, 6.07) is 6.22. The van der Waals surface area contributed by atoms with E-state index in [1.165, 1.54) is 4.57 Å². The summed E-state index contributed by atoms with van der Waals surface area (Å²) in [4.78, 5) is 37.6. The van der Waals surface area contributed by atoms with Crippen molar-refractivity contribution in [3.8, 4) is 0 Å². The summed E-state index contributed by atoms with van der Waals surface area (Å²) in [6.45, 7) is 3.95. The molecule has 0 N–H and O–H groups in total. The quantitative estimate of drug-likeness (QED) is 0.804. The third-order valence-corrected chi connectivity index (χ3v) is 4.23. The monoisotopic (exact) mass is 329 g/mol. The van der Waals surface area contributed by atoms with Crippen LogP contribution in [0, 0.1) is 0 Å². The van der Waals surface area contributed by atoms with Gasteiger partial charge in [0, 0.05) is 16.5 Å². The maximum absolute atomic E-state index is 12.9. The first-order valence-electron chi connectivity index (χ1n) is 8.10. The molecule has 1 atom stereocenters. The van der Waals surface area contributed by atoms with Crippen LogP contribution in [-0.2, 0) is 20.7 Å². The third-order valence-electron chi connectivity index (χ3n) is 4.23. The minimum atomic E-state index is -0.690. The number of ether oxygens (including phenoxy) is 2. The predicted molar refractivity (Wildman–Crippen MR) is 88.2 cm³/mol. The molecule has 6 nitrogen and oxygen atoms in total. The largest absolute Gasteiger partial charge is 0.464 e. The van der Waals surface area contributed by atoms with Crippen molar-refractivity contribution in [2.75, 3.05) is 13.2 Å². The van der Waals surface area contributed by atoms with E-state index in [2.05, 4.69) is 0 Å². The third kappa shape index (κ3) is 2.48. The van der Waals surface area contributed by atoms with Crippen LogP contribution in [0.5, 0.6) is 0 Å². The number of nitrogens with zero attached hydrogens (tertiary/aromatic N) is 1. The molecule has 1 aliphatic heterocycles. The molecule has 0 aliphatic carbocycles. The lowest BCUT2D eigenvalue weighted by Gasteiger charge is -2.17. The molecule has 0 radical (unpaired) electrons. The maximum Gasteiger partial charge on any atom is 0.340 e. The SMILES string of the molecule is CCOC(=O)c1c2n(c(=O)c3ccccc13)[C@H](C(=O)OCC)CC2. The number of fused-ring (bicyclic) bond motifs is 2. The van der Waals surface area contributed by atoms with Gasteiger partial charge in [-0.2, -0.15) is 0 Å². The van der Waals surface area contributed by atoms with E-state index in [4.69, 9.17) is 9.47 Å². The Bertz CT molecular complexity index is 868. The van der Waals surface area contributed by atoms with Crippen LogP contribution < -0.4 is 5.56 Å². The van der Waals surface area contributed by atoms with Gasteiger partial charge in [-0.3, -0.25) is 9.36 Å². The van der Waals surface area contributed by atoms with Crippen molar-refractivity contribution in [2.24, 2.45) is 0 Å². The van der Waals surface area contributed by atoms with E-state index < -0.39 is 18.0 Å². The van der Waals surface area contributed by atoms with E-state index in [-0.39, 0.29) is 18.8 Å². The van der Waals surface area contributed by atoms with E-state index in [0.29, 0.717) is 34.9 Å². The minimum absolute atomic E-state index is 0.243. The molecule has 24 heavy (non-hydrogen) atoms. The number of esters is 2. The van der Waals surface area contributed by atoms with Gasteiger partial charge in [0.05, 0.1) is 18.8 Å². The van der Waals surface area contributed by atoms with Gasteiger partial charge in [0.1, 0.15) is 6.04 Å². The van der Waals surface area contributed by atoms with E-state index in [1.54, 1.807) is 38.1 Å². The van der Waals surface area contributed by atoms with Crippen LogP contribution in [0.4, 0.5) is 0 Å². The van der Waals surface area contributed by atoms with Crippen LogP contribution in [0.3, 0.4) is 0 Å². The summed E-state index contributed by atoms with van der Waals surface area (Å²) >= 11 is 0. The van der Waals surface area contributed by atoms with Gasteiger partial charge in [-0.1, -0.05) is 18.2 Å². The molecule has 0 saturated heterocycles. The Kier molecular flexibility index (Phi) is 4.38. The Morgan fingerprint density at radius 2 is 1.79 bits per heavy atom. The van der Waals surface area contributed by atoms with Crippen molar-refractivity contribution in [3.05, 3.63) is 45.9 Å². The van der Waals surface area contributed by atoms with Crippen molar-refractivity contribution in [3.63, 3.8) is 0 Å². The van der Waals surface area contributed by atoms with Gasteiger partial charge in [-0.15, -0.1) is 0 Å². The van der Waals surface area contributed by atoms with E-state index in [1.807, 2.05) is 0 Å². The normalized spacial score (nSPS) is 16.0. The van der Waals surface area contributed by atoms with Crippen molar-refractivity contribution < 1.29 is 19.1 Å². The molecule has 0 amide bonds. The van der Waals surface area contributed by atoms with Crippen molar-refractivity contribution in [2.45, 2.75) is 32.7 Å². The maximum atomic E-state index is 12.9. The fraction of sp³-hybridized carbons (Fsp3) is 0.389. The van der Waals surface area contributed by atoms with Crippen LogP contribution in [-0.4, -0.2) is 29.7 Å². The molecule has 0 unspecified atom stereocenters. The first-order valence-corrected chi connectivity index (χ1v) is 8.10. The summed E-state index contributed by atoms with van der Waals surface area (Å²) in [6.07, 6.45) is 0.897. The number of rotatable bonds is 4. The van der Waals surface area contributed by atoms with Gasteiger partial charge in [-0.25, -0.2) is 9.59 Å². The smallest absolute Gasteiger partial charge is 0.340 e. The van der Waals surface area contributed by atoms with Gasteiger partial charge in [0.15, 0.2) is 0 Å². The first-order chi connectivity index (χ1) is 11.6. The number of hydrogen-bond acceptors (Lipinski definition) is 5. The highest BCUT2D eigenvalue weighted by atomic mass is 16.5. The summed E-state index contributed by atoms with van der Waals surface area (Å²) in [5, 5.41) is 0.970. The highest BCUT2D eigenvalue weighted by molar-refractivity contribution is 6.05. The molecule has 126 valence electrons. The number of hydrogen-bond donors (Lipinski definition) is 0. The molecule has 0 saturated carbocycles. The second-order valence-corrected chi connectivity index (χ2v) is 5.57. The second kappa shape index (κ2) is 6.47. The van der Waals surface area contributed by atoms with Gasteiger partial charge < -0.3 is 9.47 Å². The molecule has 0 spiro atoms. The number of carbonyl (C=O) groups excluding carboxylic acids is 2. The number of carbonyl (C=O) groups is 2. The molecule has 0 fully saturated rings. The number of pyridine rings is 1.